The summed E-state index contributed by atoms with van der Waals surface area (Å²) in [6, 6.07) is 19.1. The number of hydrogen-bond donors (Lipinski definition) is 0. The van der Waals surface area contributed by atoms with Gasteiger partial charge in [0.15, 0.2) is 11.6 Å². The zero-order valence-electron chi connectivity index (χ0n) is 16.5. The molecule has 0 aromatic heterocycles. The normalized spacial score (nSPS) is 10.1. The van der Waals surface area contributed by atoms with Gasteiger partial charge in [-0.1, -0.05) is 29.7 Å². The molecule has 0 N–H and O–H groups in total. The first kappa shape index (κ1) is 20.1. The first-order valence-electron chi connectivity index (χ1n) is 9.38. The second-order valence-electron chi connectivity index (χ2n) is 6.75. The van der Waals surface area contributed by atoms with E-state index >= 15 is 0 Å². The number of benzene rings is 4. The number of halogens is 3. The summed E-state index contributed by atoms with van der Waals surface area (Å²) in [6.07, 6.45) is 0. The van der Waals surface area contributed by atoms with Gasteiger partial charge >= 0.3 is 0 Å². The predicted octanol–water partition coefficient (Wildman–Crippen LogP) is 6.07. The fourth-order valence-corrected chi connectivity index (χ4v) is 2.97. The van der Waals surface area contributed by atoms with Crippen LogP contribution in [0.2, 0.25) is 0 Å². The molecular weight excluding hydrogens is 397 g/mol. The van der Waals surface area contributed by atoms with Crippen LogP contribution in [0.4, 0.5) is 13.2 Å². The lowest BCUT2D eigenvalue weighted by atomic mass is 10.1. The van der Waals surface area contributed by atoms with Crippen molar-refractivity contribution in [2.24, 2.45) is 0 Å². The van der Waals surface area contributed by atoms with Crippen LogP contribution < -0.4 is 4.74 Å². The van der Waals surface area contributed by atoms with E-state index in [-0.39, 0.29) is 5.56 Å². The van der Waals surface area contributed by atoms with Crippen molar-refractivity contribution >= 4 is 10.8 Å². The van der Waals surface area contributed by atoms with Gasteiger partial charge in [-0.25, -0.2) is 13.2 Å². The molecule has 0 saturated carbocycles. The summed E-state index contributed by atoms with van der Waals surface area (Å²) in [5.41, 5.74) is 2.11. The average Bonchev–Trinajstić information content (AvgIpc) is 2.78. The molecule has 0 atom stereocenters. The van der Waals surface area contributed by atoms with Crippen molar-refractivity contribution in [1.29, 1.82) is 0 Å². The highest BCUT2D eigenvalue weighted by atomic mass is 19.2. The third-order valence-electron chi connectivity index (χ3n) is 4.63. The Morgan fingerprint density at radius 3 is 1.84 bits per heavy atom. The van der Waals surface area contributed by atoms with Crippen LogP contribution in [0.15, 0.2) is 72.8 Å². The molecule has 0 saturated heterocycles. The van der Waals surface area contributed by atoms with Crippen LogP contribution in [-0.4, -0.2) is 7.11 Å². The van der Waals surface area contributed by atoms with Gasteiger partial charge < -0.3 is 4.74 Å². The Hall–Kier alpha value is -4.15. The zero-order valence-corrected chi connectivity index (χ0v) is 16.5. The Labute approximate surface area is 178 Å². The van der Waals surface area contributed by atoms with E-state index in [1.54, 1.807) is 49.6 Å². The first-order valence-corrected chi connectivity index (χ1v) is 9.38. The van der Waals surface area contributed by atoms with E-state index in [0.29, 0.717) is 21.9 Å². The number of hydrogen-bond acceptors (Lipinski definition) is 1. The Bertz CT molecular complexity index is 1400. The number of methoxy groups -OCH3 is 1. The monoisotopic (exact) mass is 412 g/mol. The molecule has 0 amide bonds. The molecular formula is C27H15F3O. The Morgan fingerprint density at radius 1 is 0.548 bits per heavy atom. The molecule has 0 aliphatic rings. The average molecular weight is 412 g/mol. The molecule has 4 rings (SSSR count). The summed E-state index contributed by atoms with van der Waals surface area (Å²) in [5.74, 6) is 9.98. The van der Waals surface area contributed by atoms with E-state index < -0.39 is 17.5 Å². The molecule has 4 heteroatoms. The third-order valence-corrected chi connectivity index (χ3v) is 4.63. The van der Waals surface area contributed by atoms with Crippen LogP contribution in [0.25, 0.3) is 10.8 Å². The summed E-state index contributed by atoms with van der Waals surface area (Å²) >= 11 is 0. The van der Waals surface area contributed by atoms with Crippen LogP contribution >= 0.6 is 0 Å². The molecule has 1 nitrogen and oxygen atoms in total. The molecule has 0 aliphatic carbocycles. The molecule has 31 heavy (non-hydrogen) atoms. The lowest BCUT2D eigenvalue weighted by molar-refractivity contribution is 0.415. The smallest absolute Gasteiger partial charge is 0.159 e. The van der Waals surface area contributed by atoms with Crippen molar-refractivity contribution in [2.45, 2.75) is 0 Å². The fraction of sp³-hybridized carbons (Fsp3) is 0.0370. The van der Waals surface area contributed by atoms with E-state index in [9.17, 15) is 13.2 Å². The summed E-state index contributed by atoms with van der Waals surface area (Å²) in [6.45, 7) is 0. The predicted molar refractivity (Wildman–Crippen MR) is 115 cm³/mol. The van der Waals surface area contributed by atoms with Gasteiger partial charge in [-0.3, -0.25) is 0 Å². The molecule has 0 heterocycles. The number of ether oxygens (including phenoxy) is 1. The second-order valence-corrected chi connectivity index (χ2v) is 6.75. The molecule has 4 aromatic carbocycles. The van der Waals surface area contributed by atoms with Crippen molar-refractivity contribution in [3.63, 3.8) is 0 Å². The van der Waals surface area contributed by atoms with E-state index in [1.807, 2.05) is 12.1 Å². The van der Waals surface area contributed by atoms with Crippen molar-refractivity contribution < 1.29 is 17.9 Å². The van der Waals surface area contributed by atoms with E-state index in [2.05, 4.69) is 23.7 Å². The van der Waals surface area contributed by atoms with Crippen LogP contribution in [0.5, 0.6) is 5.75 Å². The number of rotatable bonds is 1. The van der Waals surface area contributed by atoms with E-state index in [1.165, 1.54) is 6.07 Å². The van der Waals surface area contributed by atoms with Crippen LogP contribution in [0.3, 0.4) is 0 Å². The van der Waals surface area contributed by atoms with Gasteiger partial charge in [0, 0.05) is 16.7 Å². The van der Waals surface area contributed by atoms with Crippen molar-refractivity contribution in [3.8, 4) is 29.4 Å². The Kier molecular flexibility index (Phi) is 5.65. The lowest BCUT2D eigenvalue weighted by Gasteiger charge is -2.00. The van der Waals surface area contributed by atoms with Crippen molar-refractivity contribution in [2.75, 3.05) is 7.11 Å². The van der Waals surface area contributed by atoms with Gasteiger partial charge in [0.05, 0.1) is 12.7 Å². The minimum atomic E-state index is -0.921. The second kappa shape index (κ2) is 8.69. The van der Waals surface area contributed by atoms with E-state index in [0.717, 1.165) is 23.4 Å². The topological polar surface area (TPSA) is 9.23 Å². The SMILES string of the molecule is COc1ccc(C#Cc2ccc(C#Cc3ccc4cc(F)c(F)cc4c3)c(F)c2)cc1. The van der Waals surface area contributed by atoms with Crippen LogP contribution in [0, 0.1) is 41.1 Å². The molecule has 0 unspecified atom stereocenters. The minimum Gasteiger partial charge on any atom is -0.497 e. The maximum Gasteiger partial charge on any atom is 0.159 e. The lowest BCUT2D eigenvalue weighted by Crippen LogP contribution is -1.87. The van der Waals surface area contributed by atoms with Crippen molar-refractivity contribution in [3.05, 3.63) is 113 Å². The van der Waals surface area contributed by atoms with Gasteiger partial charge in [0.25, 0.3) is 0 Å². The van der Waals surface area contributed by atoms with Crippen LogP contribution in [-0.2, 0) is 0 Å². The highest BCUT2D eigenvalue weighted by Gasteiger charge is 2.04. The summed E-state index contributed by atoms with van der Waals surface area (Å²) in [4.78, 5) is 0. The molecule has 0 aliphatic heterocycles. The highest BCUT2D eigenvalue weighted by Crippen LogP contribution is 2.20. The molecule has 0 spiro atoms. The van der Waals surface area contributed by atoms with E-state index in [4.69, 9.17) is 4.74 Å². The quantitative estimate of drug-likeness (QED) is 0.345. The van der Waals surface area contributed by atoms with Gasteiger partial charge in [0.1, 0.15) is 11.6 Å². The summed E-state index contributed by atoms with van der Waals surface area (Å²) < 4.78 is 46.3. The molecule has 0 radical (unpaired) electrons. The summed E-state index contributed by atoms with van der Waals surface area (Å²) in [5, 5.41) is 1.09. The maximum atomic E-state index is 14.4. The first-order chi connectivity index (χ1) is 15.0. The van der Waals surface area contributed by atoms with Crippen molar-refractivity contribution in [1.82, 2.24) is 0 Å². The Morgan fingerprint density at radius 2 is 1.13 bits per heavy atom. The van der Waals surface area contributed by atoms with Crippen LogP contribution in [0.1, 0.15) is 22.3 Å². The summed E-state index contributed by atoms with van der Waals surface area (Å²) in [7, 11) is 1.59. The van der Waals surface area contributed by atoms with Gasteiger partial charge in [-0.2, -0.15) is 0 Å². The number of fused-ring (bicyclic) bond motifs is 1. The highest BCUT2D eigenvalue weighted by molar-refractivity contribution is 5.84. The minimum absolute atomic E-state index is 0.223. The molecule has 150 valence electrons. The third kappa shape index (κ3) is 4.71. The zero-order chi connectivity index (χ0) is 21.8. The molecule has 4 aromatic rings. The standard InChI is InChI=1S/C27H15F3O/c1-31-24-12-7-18(8-13-24)2-3-20-5-10-21(25(28)15-20)9-4-19-6-11-22-16-26(29)27(30)17-23(22)14-19/h5-8,10-17H,1H3. The molecule has 0 bridgehead atoms. The fourth-order valence-electron chi connectivity index (χ4n) is 2.97. The Balaban J connectivity index is 1.56. The maximum absolute atomic E-state index is 14.4. The molecule has 0 fully saturated rings. The largest absolute Gasteiger partial charge is 0.497 e. The van der Waals surface area contributed by atoms with Gasteiger partial charge in [-0.15, -0.1) is 0 Å². The van der Waals surface area contributed by atoms with Gasteiger partial charge in [0.2, 0.25) is 0 Å². The van der Waals surface area contributed by atoms with Gasteiger partial charge in [-0.05, 0) is 77.5 Å².